The van der Waals surface area contributed by atoms with Gasteiger partial charge >= 0.3 is 9.61 Å². The molecule has 102 valence electrons. The van der Waals surface area contributed by atoms with Crippen LogP contribution in [0, 0.1) is 0 Å². The van der Waals surface area contributed by atoms with Crippen molar-refractivity contribution in [3.05, 3.63) is 46.0 Å². The first kappa shape index (κ1) is 14.6. The van der Waals surface area contributed by atoms with Gasteiger partial charge in [-0.15, -0.1) is 0 Å². The van der Waals surface area contributed by atoms with Gasteiger partial charge in [-0.25, -0.2) is 13.3 Å². The van der Waals surface area contributed by atoms with Crippen molar-refractivity contribution < 1.29 is 9.50 Å². The van der Waals surface area contributed by atoms with Crippen LogP contribution < -0.4 is 5.69 Å². The molecule has 1 N–H and O–H groups in total. The molecule has 0 unspecified atom stereocenters. The van der Waals surface area contributed by atoms with E-state index in [-0.39, 0.29) is 11.9 Å². The number of imidazole rings is 1. The Labute approximate surface area is 126 Å². The molecular weight excluding hydrogens is 338 g/mol. The Morgan fingerprint density at radius 2 is 2.05 bits per heavy atom. The van der Waals surface area contributed by atoms with E-state index in [1.807, 2.05) is 0 Å². The molecule has 1 aromatic heterocycles. The van der Waals surface area contributed by atoms with E-state index in [4.69, 9.17) is 34.8 Å². The van der Waals surface area contributed by atoms with Crippen molar-refractivity contribution in [1.29, 1.82) is 0 Å². The van der Waals surface area contributed by atoms with E-state index in [0.717, 1.165) is 14.7 Å². The second-order valence-electron chi connectivity index (χ2n) is 3.45. The van der Waals surface area contributed by atoms with Gasteiger partial charge in [0.1, 0.15) is 0 Å². The molecule has 0 saturated heterocycles. The first-order valence-corrected chi connectivity index (χ1v) is 6.74. The molecule has 1 aromatic carbocycles. The van der Waals surface area contributed by atoms with E-state index in [0.29, 0.717) is 10.7 Å². The van der Waals surface area contributed by atoms with E-state index < -0.39 is 15.5 Å². The summed E-state index contributed by atoms with van der Waals surface area (Å²) in [6.07, 6.45) is 1.01. The second kappa shape index (κ2) is 5.28. The standard InChI is InChI=1S/C10H6Cl3FN2O2S/c11-6-2-1-3-7(4-6)16-8(17)5-15(9(16)18)19-10(12,13)14/h1-5,17H. The summed E-state index contributed by atoms with van der Waals surface area (Å²) in [5, 5.41) is 10.1. The number of halogens is 4. The predicted octanol–water partition coefficient (Wildman–Crippen LogP) is 3.55. The molecule has 0 aliphatic heterocycles. The topological polar surface area (TPSA) is 47.2 Å². The highest BCUT2D eigenvalue weighted by molar-refractivity contribution is 8.01. The second-order valence-corrected chi connectivity index (χ2v) is 6.71. The summed E-state index contributed by atoms with van der Waals surface area (Å²) in [5.74, 6) is -0.391. The van der Waals surface area contributed by atoms with Crippen molar-refractivity contribution >= 4 is 46.8 Å². The Bertz CT molecular complexity index is 666. The van der Waals surface area contributed by atoms with Crippen molar-refractivity contribution in [2.45, 2.75) is 3.92 Å². The van der Waals surface area contributed by atoms with Gasteiger partial charge < -0.3 is 5.11 Å². The minimum Gasteiger partial charge on any atom is -0.493 e. The Morgan fingerprint density at radius 1 is 1.37 bits per heavy atom. The van der Waals surface area contributed by atoms with Crippen molar-refractivity contribution in [2.24, 2.45) is 0 Å². The summed E-state index contributed by atoms with van der Waals surface area (Å²) in [4.78, 5) is 12.0. The van der Waals surface area contributed by atoms with E-state index in [2.05, 4.69) is 0 Å². The summed E-state index contributed by atoms with van der Waals surface area (Å²) in [6, 6.07) is 6.26. The maximum absolute atomic E-state index is 13.1. The molecule has 0 bridgehead atoms. The largest absolute Gasteiger partial charge is 0.493 e. The Kier molecular flexibility index (Phi) is 4.06. The van der Waals surface area contributed by atoms with Gasteiger partial charge in [0.05, 0.1) is 11.9 Å². The molecule has 2 aromatic rings. The normalized spacial score (nSPS) is 11.8. The molecule has 4 nitrogen and oxygen atoms in total. The van der Waals surface area contributed by atoms with Crippen LogP contribution in [0.5, 0.6) is 5.88 Å². The third-order valence-electron chi connectivity index (χ3n) is 2.11. The summed E-state index contributed by atoms with van der Waals surface area (Å²) in [5.41, 5.74) is -0.379. The van der Waals surface area contributed by atoms with Crippen molar-refractivity contribution in [2.75, 3.05) is 0 Å². The fourth-order valence-corrected chi connectivity index (χ4v) is 2.61. The molecule has 0 fully saturated rings. The molecule has 1 heterocycles. The Morgan fingerprint density at radius 3 is 2.63 bits per heavy atom. The number of hydrogen-bond acceptors (Lipinski definition) is 3. The van der Waals surface area contributed by atoms with Gasteiger partial charge in [-0.2, -0.15) is 4.39 Å². The minimum absolute atomic E-state index is 0.216. The molecule has 0 saturated carbocycles. The lowest BCUT2D eigenvalue weighted by atomic mass is 10.3. The highest BCUT2D eigenvalue weighted by Crippen LogP contribution is 2.36. The molecule has 0 aliphatic rings. The van der Waals surface area contributed by atoms with Gasteiger partial charge in [0.15, 0.2) is 0 Å². The van der Waals surface area contributed by atoms with Gasteiger partial charge in [0, 0.05) is 17.0 Å². The highest BCUT2D eigenvalue weighted by Gasteiger charge is 2.27. The molecule has 0 spiro atoms. The van der Waals surface area contributed by atoms with E-state index in [1.54, 1.807) is 18.2 Å². The minimum atomic E-state index is -2.68. The summed E-state index contributed by atoms with van der Waals surface area (Å²) >= 11 is 16.3. The lowest BCUT2D eigenvalue weighted by molar-refractivity contribution is 0.441. The third-order valence-corrected chi connectivity index (χ3v) is 3.42. The average Bonchev–Trinajstić information content (AvgIpc) is 2.51. The first-order chi connectivity index (χ1) is 8.78. The van der Waals surface area contributed by atoms with Crippen LogP contribution in [0.15, 0.2) is 35.3 Å². The highest BCUT2D eigenvalue weighted by atomic mass is 35.5. The quantitative estimate of drug-likeness (QED) is 0.867. The third kappa shape index (κ3) is 3.39. The number of rotatable bonds is 3. The van der Waals surface area contributed by atoms with Gasteiger partial charge in [-0.3, -0.25) is 0 Å². The Hall–Kier alpha value is -0.820. The summed E-state index contributed by atoms with van der Waals surface area (Å²) < 4.78 is 12.1. The van der Waals surface area contributed by atoms with E-state index >= 15 is 0 Å². The average molecular weight is 344 g/mol. The number of alkyl halides is 3. The first-order valence-electron chi connectivity index (χ1n) is 4.83. The molecule has 0 radical (unpaired) electrons. The van der Waals surface area contributed by atoms with Crippen LogP contribution in [0.1, 0.15) is 0 Å². The SMILES string of the molecule is O=c1n(SC(F)(Cl)Cl)cc(O)n1-c1cccc(Cl)c1. The van der Waals surface area contributed by atoms with Crippen LogP contribution in [0.25, 0.3) is 5.69 Å². The molecule has 2 rings (SSSR count). The van der Waals surface area contributed by atoms with Crippen LogP contribution in [-0.2, 0) is 0 Å². The van der Waals surface area contributed by atoms with Crippen LogP contribution in [0.3, 0.4) is 0 Å². The lowest BCUT2D eigenvalue weighted by Crippen LogP contribution is -2.21. The molecule has 19 heavy (non-hydrogen) atoms. The van der Waals surface area contributed by atoms with Crippen molar-refractivity contribution in [3.8, 4) is 11.6 Å². The smallest absolute Gasteiger partial charge is 0.346 e. The number of aromatic nitrogens is 2. The van der Waals surface area contributed by atoms with Crippen LogP contribution in [0.2, 0.25) is 5.02 Å². The molecule has 0 atom stereocenters. The molecule has 0 aliphatic carbocycles. The zero-order valence-electron chi connectivity index (χ0n) is 9.06. The maximum atomic E-state index is 13.1. The fourth-order valence-electron chi connectivity index (χ4n) is 1.45. The zero-order valence-corrected chi connectivity index (χ0v) is 12.1. The van der Waals surface area contributed by atoms with Crippen molar-refractivity contribution in [3.63, 3.8) is 0 Å². The zero-order chi connectivity index (χ0) is 14.2. The van der Waals surface area contributed by atoms with Crippen LogP contribution >= 0.6 is 46.8 Å². The number of nitrogens with zero attached hydrogens (tertiary/aromatic N) is 2. The maximum Gasteiger partial charge on any atom is 0.346 e. The van der Waals surface area contributed by atoms with E-state index in [1.165, 1.54) is 6.07 Å². The number of benzene rings is 1. The van der Waals surface area contributed by atoms with Crippen LogP contribution in [0.4, 0.5) is 4.39 Å². The summed E-state index contributed by atoms with van der Waals surface area (Å²) in [6.45, 7) is 0. The number of hydrogen-bond donors (Lipinski definition) is 1. The predicted molar refractivity (Wildman–Crippen MR) is 75.2 cm³/mol. The summed E-state index contributed by atoms with van der Waals surface area (Å²) in [7, 11) is 0. The van der Waals surface area contributed by atoms with Gasteiger partial charge in [-0.1, -0.05) is 40.9 Å². The van der Waals surface area contributed by atoms with Gasteiger partial charge in [-0.05, 0) is 18.2 Å². The lowest BCUT2D eigenvalue weighted by Gasteiger charge is -2.06. The Balaban J connectivity index is 2.51. The fraction of sp³-hybridized carbons (Fsp3) is 0.100. The molecular formula is C10H6Cl3FN2O2S. The monoisotopic (exact) mass is 342 g/mol. The van der Waals surface area contributed by atoms with E-state index in [9.17, 15) is 14.3 Å². The van der Waals surface area contributed by atoms with Gasteiger partial charge in [0.25, 0.3) is 0 Å². The van der Waals surface area contributed by atoms with Crippen LogP contribution in [-0.4, -0.2) is 17.6 Å². The van der Waals surface area contributed by atoms with Gasteiger partial charge in [0.2, 0.25) is 5.88 Å². The van der Waals surface area contributed by atoms with Crippen molar-refractivity contribution in [1.82, 2.24) is 8.54 Å². The molecule has 0 amide bonds. The molecule has 9 heteroatoms. The number of aromatic hydroxyl groups is 1.